The molecule has 0 saturated carbocycles. The highest BCUT2D eigenvalue weighted by molar-refractivity contribution is 7.99. The predicted molar refractivity (Wildman–Crippen MR) is 84.5 cm³/mol. The minimum atomic E-state index is -0.824. The fraction of sp³-hybridized carbons (Fsp3) is 0.538. The van der Waals surface area contributed by atoms with Crippen molar-refractivity contribution in [3.8, 4) is 0 Å². The number of thioether (sulfide) groups is 1. The van der Waals surface area contributed by atoms with Crippen molar-refractivity contribution in [2.24, 2.45) is 5.92 Å². The van der Waals surface area contributed by atoms with Gasteiger partial charge in [-0.25, -0.2) is 0 Å². The average Bonchev–Trinajstić information content (AvgIpc) is 2.80. The van der Waals surface area contributed by atoms with Gasteiger partial charge in [-0.3, -0.25) is 9.59 Å². The standard InChI is InChI=1S/C13H18ClNO3S2/c1-2-9(5-13(17)18)6-15-12(16)8-19-7-10-3-4-11(14)20-10/h3-4,9H,2,5-8H2,1H3,(H,15,16)(H,17,18). The summed E-state index contributed by atoms with van der Waals surface area (Å²) in [7, 11) is 0. The van der Waals surface area contributed by atoms with Crippen LogP contribution in [0.4, 0.5) is 0 Å². The van der Waals surface area contributed by atoms with Gasteiger partial charge in [0.15, 0.2) is 0 Å². The molecule has 0 aliphatic rings. The molecular weight excluding hydrogens is 318 g/mol. The maximum absolute atomic E-state index is 11.6. The summed E-state index contributed by atoms with van der Waals surface area (Å²) in [6.45, 7) is 2.35. The summed E-state index contributed by atoms with van der Waals surface area (Å²) in [6.07, 6.45) is 0.838. The van der Waals surface area contributed by atoms with E-state index in [1.54, 1.807) is 0 Å². The minimum Gasteiger partial charge on any atom is -0.481 e. The summed E-state index contributed by atoms with van der Waals surface area (Å²) < 4.78 is 0.754. The van der Waals surface area contributed by atoms with E-state index in [4.69, 9.17) is 16.7 Å². The van der Waals surface area contributed by atoms with Gasteiger partial charge in [0.25, 0.3) is 0 Å². The highest BCUT2D eigenvalue weighted by Crippen LogP contribution is 2.24. The van der Waals surface area contributed by atoms with Gasteiger partial charge in [0.1, 0.15) is 0 Å². The third kappa shape index (κ3) is 7.17. The van der Waals surface area contributed by atoms with Crippen LogP contribution in [0.15, 0.2) is 12.1 Å². The number of carbonyl (C=O) groups excluding carboxylic acids is 1. The Morgan fingerprint density at radius 2 is 2.25 bits per heavy atom. The molecule has 1 atom stereocenters. The summed E-state index contributed by atoms with van der Waals surface area (Å²) in [5.41, 5.74) is 0. The molecule has 1 aromatic rings. The van der Waals surface area contributed by atoms with Crippen molar-refractivity contribution in [1.82, 2.24) is 5.32 Å². The lowest BCUT2D eigenvalue weighted by Gasteiger charge is -2.13. The van der Waals surface area contributed by atoms with Crippen LogP contribution in [0.5, 0.6) is 0 Å². The Kier molecular flexibility index (Phi) is 8.02. The van der Waals surface area contributed by atoms with E-state index in [1.807, 2.05) is 19.1 Å². The van der Waals surface area contributed by atoms with E-state index in [9.17, 15) is 9.59 Å². The van der Waals surface area contributed by atoms with Gasteiger partial charge in [-0.1, -0.05) is 24.9 Å². The van der Waals surface area contributed by atoms with Crippen molar-refractivity contribution in [3.63, 3.8) is 0 Å². The van der Waals surface area contributed by atoms with Crippen LogP contribution in [0.1, 0.15) is 24.6 Å². The Labute approximate surface area is 131 Å². The van der Waals surface area contributed by atoms with Crippen LogP contribution < -0.4 is 5.32 Å². The van der Waals surface area contributed by atoms with Crippen molar-refractivity contribution in [3.05, 3.63) is 21.3 Å². The quantitative estimate of drug-likeness (QED) is 0.727. The molecule has 0 aromatic carbocycles. The lowest BCUT2D eigenvalue weighted by molar-refractivity contribution is -0.138. The van der Waals surface area contributed by atoms with Gasteiger partial charge in [0.2, 0.25) is 5.91 Å². The topological polar surface area (TPSA) is 66.4 Å². The predicted octanol–water partition coefficient (Wildman–Crippen LogP) is 3.25. The number of amides is 1. The normalized spacial score (nSPS) is 12.1. The van der Waals surface area contributed by atoms with Crippen LogP contribution in [0.2, 0.25) is 4.34 Å². The van der Waals surface area contributed by atoms with Crippen LogP contribution in [0.25, 0.3) is 0 Å². The van der Waals surface area contributed by atoms with Crippen LogP contribution in [-0.2, 0) is 15.3 Å². The van der Waals surface area contributed by atoms with Crippen LogP contribution >= 0.6 is 34.7 Å². The van der Waals surface area contributed by atoms with Gasteiger partial charge in [-0.05, 0) is 18.1 Å². The molecule has 0 radical (unpaired) electrons. The first kappa shape index (κ1) is 17.3. The van der Waals surface area contributed by atoms with Gasteiger partial charge < -0.3 is 10.4 Å². The maximum atomic E-state index is 11.6. The number of nitrogens with one attached hydrogen (secondary N) is 1. The molecule has 1 aromatic heterocycles. The van der Waals surface area contributed by atoms with Gasteiger partial charge in [0, 0.05) is 23.6 Å². The number of hydrogen-bond acceptors (Lipinski definition) is 4. The zero-order valence-corrected chi connectivity index (χ0v) is 13.6. The number of halogens is 1. The molecule has 1 unspecified atom stereocenters. The molecule has 2 N–H and O–H groups in total. The Bertz CT molecular complexity index is 451. The van der Waals surface area contributed by atoms with Crippen molar-refractivity contribution < 1.29 is 14.7 Å². The van der Waals surface area contributed by atoms with Gasteiger partial charge in [-0.2, -0.15) is 0 Å². The van der Waals surface area contributed by atoms with E-state index in [0.29, 0.717) is 12.3 Å². The lowest BCUT2D eigenvalue weighted by atomic mass is 10.0. The molecule has 0 fully saturated rings. The molecule has 0 spiro atoms. The SMILES string of the molecule is CCC(CNC(=O)CSCc1ccc(Cl)s1)CC(=O)O. The molecular formula is C13H18ClNO3S2. The number of carbonyl (C=O) groups is 2. The molecule has 4 nitrogen and oxygen atoms in total. The van der Waals surface area contributed by atoms with Crippen LogP contribution in [-0.4, -0.2) is 29.3 Å². The van der Waals surface area contributed by atoms with Crippen molar-refractivity contribution >= 4 is 46.6 Å². The number of thiophene rings is 1. The number of hydrogen-bond donors (Lipinski definition) is 2. The van der Waals surface area contributed by atoms with Gasteiger partial charge in [0.05, 0.1) is 10.1 Å². The van der Waals surface area contributed by atoms with E-state index < -0.39 is 5.97 Å². The molecule has 112 valence electrons. The molecule has 0 saturated heterocycles. The third-order valence-corrected chi connectivity index (χ3v) is 5.13. The second-order valence-corrected chi connectivity index (χ2v) is 7.16. The first-order valence-electron chi connectivity index (χ1n) is 6.31. The number of rotatable bonds is 9. The molecule has 20 heavy (non-hydrogen) atoms. The summed E-state index contributed by atoms with van der Waals surface area (Å²) in [6, 6.07) is 3.80. The van der Waals surface area contributed by atoms with E-state index in [2.05, 4.69) is 5.32 Å². The first-order chi connectivity index (χ1) is 9.51. The molecule has 1 heterocycles. The second-order valence-electron chi connectivity index (χ2n) is 4.37. The van der Waals surface area contributed by atoms with E-state index >= 15 is 0 Å². The summed E-state index contributed by atoms with van der Waals surface area (Å²) in [4.78, 5) is 23.4. The Morgan fingerprint density at radius 1 is 1.50 bits per heavy atom. The fourth-order valence-electron chi connectivity index (χ4n) is 1.59. The highest BCUT2D eigenvalue weighted by Gasteiger charge is 2.12. The molecule has 1 rings (SSSR count). The summed E-state index contributed by atoms with van der Waals surface area (Å²) >= 11 is 8.87. The first-order valence-corrected chi connectivity index (χ1v) is 8.66. The van der Waals surface area contributed by atoms with Gasteiger partial charge >= 0.3 is 5.97 Å². The summed E-state index contributed by atoms with van der Waals surface area (Å²) in [5, 5.41) is 11.5. The smallest absolute Gasteiger partial charge is 0.303 e. The highest BCUT2D eigenvalue weighted by atomic mass is 35.5. The van der Waals surface area contributed by atoms with Gasteiger partial charge in [-0.15, -0.1) is 23.1 Å². The zero-order chi connectivity index (χ0) is 15.0. The fourth-order valence-corrected chi connectivity index (χ4v) is 3.65. The van der Waals surface area contributed by atoms with Crippen LogP contribution in [0.3, 0.4) is 0 Å². The Morgan fingerprint density at radius 3 is 2.80 bits per heavy atom. The largest absolute Gasteiger partial charge is 0.481 e. The van der Waals surface area contributed by atoms with Crippen molar-refractivity contribution in [1.29, 1.82) is 0 Å². The molecule has 1 amide bonds. The number of aliphatic carboxylic acids is 1. The maximum Gasteiger partial charge on any atom is 0.303 e. The Balaban J connectivity index is 2.18. The average molecular weight is 336 g/mol. The second kappa shape index (κ2) is 9.26. The molecule has 0 bridgehead atoms. The Hall–Kier alpha value is -0.720. The van der Waals surface area contributed by atoms with E-state index in [1.165, 1.54) is 23.1 Å². The lowest BCUT2D eigenvalue weighted by Crippen LogP contribution is -2.31. The monoisotopic (exact) mass is 335 g/mol. The van der Waals surface area contributed by atoms with E-state index in [-0.39, 0.29) is 18.2 Å². The van der Waals surface area contributed by atoms with Crippen molar-refractivity contribution in [2.45, 2.75) is 25.5 Å². The number of carboxylic acids is 1. The minimum absolute atomic E-state index is 0.00227. The van der Waals surface area contributed by atoms with Crippen LogP contribution in [0, 0.1) is 5.92 Å². The number of carboxylic acid groups (broad SMARTS) is 1. The molecule has 0 aliphatic heterocycles. The summed E-state index contributed by atoms with van der Waals surface area (Å²) in [5.74, 6) is 0.255. The zero-order valence-electron chi connectivity index (χ0n) is 11.2. The third-order valence-electron chi connectivity index (χ3n) is 2.73. The van der Waals surface area contributed by atoms with Crippen molar-refractivity contribution in [2.75, 3.05) is 12.3 Å². The molecule has 0 aliphatic carbocycles. The molecule has 7 heteroatoms. The van der Waals surface area contributed by atoms with E-state index in [0.717, 1.165) is 21.4 Å².